The molecule has 0 aliphatic rings. The van der Waals surface area contributed by atoms with Crippen molar-refractivity contribution in [2.45, 2.75) is 32.7 Å². The number of hydrogen-bond acceptors (Lipinski definition) is 4. The van der Waals surface area contributed by atoms with Crippen molar-refractivity contribution in [3.8, 4) is 0 Å². The third-order valence-corrected chi connectivity index (χ3v) is 1.77. The fraction of sp³-hybridized carbons (Fsp3) is 0.700. The van der Waals surface area contributed by atoms with E-state index in [0.29, 0.717) is 0 Å². The zero-order valence-corrected chi connectivity index (χ0v) is 10.3. The molecule has 7 heteroatoms. The van der Waals surface area contributed by atoms with E-state index in [9.17, 15) is 14.4 Å². The quantitative estimate of drug-likeness (QED) is 0.548. The van der Waals surface area contributed by atoms with Crippen molar-refractivity contribution in [1.29, 1.82) is 0 Å². The van der Waals surface area contributed by atoms with Crippen LogP contribution in [-0.2, 0) is 14.3 Å². The van der Waals surface area contributed by atoms with Gasteiger partial charge in [-0.25, -0.2) is 4.79 Å². The Morgan fingerprint density at radius 2 is 1.88 bits per heavy atom. The molecule has 4 N–H and O–H groups in total. The number of nitrogens with one attached hydrogen (secondary N) is 2. The highest BCUT2D eigenvalue weighted by atomic mass is 16.5. The molecule has 0 unspecified atom stereocenters. The van der Waals surface area contributed by atoms with E-state index in [0.717, 1.165) is 0 Å². The third-order valence-electron chi connectivity index (χ3n) is 1.77. The zero-order valence-electron chi connectivity index (χ0n) is 10.3. The predicted molar refractivity (Wildman–Crippen MR) is 61.1 cm³/mol. The normalized spacial score (nSPS) is 10.5. The maximum Gasteiger partial charge on any atom is 0.325 e. The first kappa shape index (κ1) is 15.2. The number of hydrogen-bond donors (Lipinski definition) is 3. The van der Waals surface area contributed by atoms with Crippen LogP contribution in [0.25, 0.3) is 0 Å². The number of amides is 3. The lowest BCUT2D eigenvalue weighted by Gasteiger charge is -2.24. The van der Waals surface area contributed by atoms with Crippen LogP contribution in [0.2, 0.25) is 0 Å². The van der Waals surface area contributed by atoms with Gasteiger partial charge in [0.25, 0.3) is 0 Å². The summed E-state index contributed by atoms with van der Waals surface area (Å²) in [6, 6.07) is -0.552. The second kappa shape index (κ2) is 6.72. The van der Waals surface area contributed by atoms with Crippen molar-refractivity contribution in [3.63, 3.8) is 0 Å². The van der Waals surface area contributed by atoms with Crippen LogP contribution in [0.1, 0.15) is 27.2 Å². The number of primary amides is 1. The number of ether oxygens (including phenoxy) is 1. The van der Waals surface area contributed by atoms with E-state index in [1.54, 1.807) is 20.8 Å². The average molecular weight is 245 g/mol. The van der Waals surface area contributed by atoms with Crippen molar-refractivity contribution in [2.75, 3.05) is 13.2 Å². The molecule has 3 amide bonds. The minimum absolute atomic E-state index is 0.0137. The summed E-state index contributed by atoms with van der Waals surface area (Å²) in [7, 11) is 0. The van der Waals surface area contributed by atoms with E-state index >= 15 is 0 Å². The number of rotatable bonds is 6. The molecular formula is C10H19N3O4. The first-order valence-electron chi connectivity index (χ1n) is 5.27. The first-order valence-corrected chi connectivity index (χ1v) is 5.27. The van der Waals surface area contributed by atoms with Crippen molar-refractivity contribution in [1.82, 2.24) is 10.6 Å². The van der Waals surface area contributed by atoms with Gasteiger partial charge in [0.2, 0.25) is 5.91 Å². The minimum atomic E-state index is -0.759. The van der Waals surface area contributed by atoms with Crippen LogP contribution in [0.3, 0.4) is 0 Å². The average Bonchev–Trinajstić information content (AvgIpc) is 2.12. The molecule has 0 aromatic carbocycles. The van der Waals surface area contributed by atoms with E-state index in [1.807, 2.05) is 0 Å². The molecule has 0 atom stereocenters. The van der Waals surface area contributed by atoms with Crippen LogP contribution in [-0.4, -0.2) is 36.6 Å². The van der Waals surface area contributed by atoms with Gasteiger partial charge in [-0.1, -0.05) is 0 Å². The molecule has 0 heterocycles. The maximum absolute atomic E-state index is 11.4. The van der Waals surface area contributed by atoms with E-state index in [-0.39, 0.29) is 19.6 Å². The summed E-state index contributed by atoms with van der Waals surface area (Å²) in [5.41, 5.74) is 4.27. The summed E-state index contributed by atoms with van der Waals surface area (Å²) in [5.74, 6) is -1.03. The van der Waals surface area contributed by atoms with Gasteiger partial charge in [-0.15, -0.1) is 0 Å². The molecule has 98 valence electrons. The Morgan fingerprint density at radius 1 is 1.29 bits per heavy atom. The van der Waals surface area contributed by atoms with Gasteiger partial charge in [-0.05, 0) is 20.8 Å². The van der Waals surface area contributed by atoms with Crippen LogP contribution in [0.15, 0.2) is 0 Å². The van der Waals surface area contributed by atoms with Gasteiger partial charge in [0.15, 0.2) is 0 Å². The second-order valence-corrected chi connectivity index (χ2v) is 4.14. The molecular weight excluding hydrogens is 226 g/mol. The number of esters is 1. The van der Waals surface area contributed by atoms with E-state index < -0.39 is 23.4 Å². The molecule has 0 aliphatic heterocycles. The van der Waals surface area contributed by atoms with Gasteiger partial charge >= 0.3 is 12.0 Å². The van der Waals surface area contributed by atoms with Gasteiger partial charge < -0.3 is 21.1 Å². The van der Waals surface area contributed by atoms with E-state index in [4.69, 9.17) is 5.73 Å². The van der Waals surface area contributed by atoms with Gasteiger partial charge in [-0.3, -0.25) is 9.59 Å². The zero-order chi connectivity index (χ0) is 13.5. The third kappa shape index (κ3) is 8.06. The molecule has 7 nitrogen and oxygen atoms in total. The summed E-state index contributed by atoms with van der Waals surface area (Å²) < 4.78 is 4.63. The molecule has 0 aromatic heterocycles. The maximum atomic E-state index is 11.4. The predicted octanol–water partition coefficient (Wildman–Crippen LogP) is -0.497. The molecule has 0 aromatic rings. The second-order valence-electron chi connectivity index (χ2n) is 4.14. The summed E-state index contributed by atoms with van der Waals surface area (Å²) >= 11 is 0. The smallest absolute Gasteiger partial charge is 0.325 e. The molecule has 0 aliphatic carbocycles. The van der Waals surface area contributed by atoms with Crippen LogP contribution in [0.4, 0.5) is 4.79 Å². The molecule has 17 heavy (non-hydrogen) atoms. The monoisotopic (exact) mass is 245 g/mol. The van der Waals surface area contributed by atoms with E-state index in [1.165, 1.54) is 0 Å². The van der Waals surface area contributed by atoms with Crippen molar-refractivity contribution < 1.29 is 19.1 Å². The van der Waals surface area contributed by atoms with E-state index in [2.05, 4.69) is 15.4 Å². The number of urea groups is 1. The summed E-state index contributed by atoms with van der Waals surface area (Å²) in [6.45, 7) is 5.03. The fourth-order valence-electron chi connectivity index (χ4n) is 1.20. The lowest BCUT2D eigenvalue weighted by atomic mass is 10.0. The van der Waals surface area contributed by atoms with Gasteiger partial charge in [0, 0.05) is 12.0 Å². The van der Waals surface area contributed by atoms with Gasteiger partial charge in [0.05, 0.1) is 6.61 Å². The lowest BCUT2D eigenvalue weighted by Crippen LogP contribution is -2.51. The Morgan fingerprint density at radius 3 is 2.35 bits per heavy atom. The molecule has 0 bridgehead atoms. The first-order chi connectivity index (χ1) is 7.76. The Hall–Kier alpha value is -1.79. The Kier molecular flexibility index (Phi) is 6.01. The highest BCUT2D eigenvalue weighted by Crippen LogP contribution is 2.06. The summed E-state index contributed by atoms with van der Waals surface area (Å²) in [5, 5.41) is 4.85. The minimum Gasteiger partial charge on any atom is -0.465 e. The number of nitrogens with two attached hydrogens (primary N) is 1. The van der Waals surface area contributed by atoms with Crippen LogP contribution >= 0.6 is 0 Å². The highest BCUT2D eigenvalue weighted by Gasteiger charge is 2.22. The SMILES string of the molecule is CCOC(=O)CNC(=O)NC(C)(C)CC(N)=O. The topological polar surface area (TPSA) is 111 Å². The number of carbonyl (C=O) groups excluding carboxylic acids is 3. The Balaban J connectivity index is 4.01. The molecule has 0 rings (SSSR count). The largest absolute Gasteiger partial charge is 0.465 e. The molecule has 0 fully saturated rings. The van der Waals surface area contributed by atoms with Crippen LogP contribution in [0, 0.1) is 0 Å². The standard InChI is InChI=1S/C10H19N3O4/c1-4-17-8(15)6-12-9(16)13-10(2,3)5-7(11)14/h4-6H2,1-3H3,(H2,11,14)(H2,12,13,16). The van der Waals surface area contributed by atoms with Crippen LogP contribution < -0.4 is 16.4 Å². The molecule has 0 saturated carbocycles. The van der Waals surface area contributed by atoms with Gasteiger partial charge in [0.1, 0.15) is 6.54 Å². The summed E-state index contributed by atoms with van der Waals surface area (Å²) in [6.07, 6.45) is 0.0137. The number of carbonyl (C=O) groups is 3. The fourth-order valence-corrected chi connectivity index (χ4v) is 1.20. The van der Waals surface area contributed by atoms with Crippen molar-refractivity contribution in [3.05, 3.63) is 0 Å². The Labute approximate surface area is 100 Å². The summed E-state index contributed by atoms with van der Waals surface area (Å²) in [4.78, 5) is 33.0. The molecule has 0 spiro atoms. The van der Waals surface area contributed by atoms with Gasteiger partial charge in [-0.2, -0.15) is 0 Å². The van der Waals surface area contributed by atoms with Crippen molar-refractivity contribution in [2.24, 2.45) is 5.73 Å². The lowest BCUT2D eigenvalue weighted by molar-refractivity contribution is -0.141. The molecule has 0 saturated heterocycles. The Bertz CT molecular complexity index is 302. The van der Waals surface area contributed by atoms with Crippen LogP contribution in [0.5, 0.6) is 0 Å². The molecule has 0 radical (unpaired) electrons. The van der Waals surface area contributed by atoms with Crippen molar-refractivity contribution >= 4 is 17.9 Å². The highest BCUT2D eigenvalue weighted by molar-refractivity contribution is 5.82.